The summed E-state index contributed by atoms with van der Waals surface area (Å²) in [5.41, 5.74) is 1.43. The predicted octanol–water partition coefficient (Wildman–Crippen LogP) is 2.61. The van der Waals surface area contributed by atoms with Gasteiger partial charge in [0.15, 0.2) is 0 Å². The maximum absolute atomic E-state index is 12.2. The van der Waals surface area contributed by atoms with Crippen LogP contribution in [0.2, 0.25) is 0 Å². The highest BCUT2D eigenvalue weighted by Gasteiger charge is 2.14. The number of hydrogen-bond donors (Lipinski definition) is 1. The van der Waals surface area contributed by atoms with Crippen LogP contribution in [0.15, 0.2) is 27.6 Å². The maximum Gasteiger partial charge on any atom is 0.274 e. The van der Waals surface area contributed by atoms with Gasteiger partial charge in [0, 0.05) is 20.6 Å². The summed E-state index contributed by atoms with van der Waals surface area (Å²) in [4.78, 5) is 22.0. The van der Waals surface area contributed by atoms with Crippen molar-refractivity contribution < 1.29 is 4.79 Å². The fourth-order valence-electron chi connectivity index (χ4n) is 1.54. The third-order valence-corrected chi connectivity index (χ3v) is 4.07. The lowest BCUT2D eigenvalue weighted by Crippen LogP contribution is -2.27. The molecule has 0 aliphatic rings. The van der Waals surface area contributed by atoms with E-state index in [1.165, 1.54) is 6.20 Å². The normalized spacial score (nSPS) is 10.3. The first-order chi connectivity index (χ1) is 9.10. The minimum atomic E-state index is -0.141. The van der Waals surface area contributed by atoms with Crippen LogP contribution in [0.3, 0.4) is 0 Å². The molecule has 19 heavy (non-hydrogen) atoms. The van der Waals surface area contributed by atoms with E-state index in [0.29, 0.717) is 18.1 Å². The average Bonchev–Trinajstić information content (AvgIpc) is 2.83. The van der Waals surface area contributed by atoms with Crippen LogP contribution in [0.25, 0.3) is 0 Å². The summed E-state index contributed by atoms with van der Waals surface area (Å²) >= 11 is 5.01. The molecule has 2 rings (SSSR count). The van der Waals surface area contributed by atoms with E-state index in [2.05, 4.69) is 31.2 Å². The Hall–Kier alpha value is -1.47. The summed E-state index contributed by atoms with van der Waals surface area (Å²) in [6.07, 6.45) is 3.02. The summed E-state index contributed by atoms with van der Waals surface area (Å²) in [6.45, 7) is 0.552. The zero-order valence-electron chi connectivity index (χ0n) is 10.6. The number of carbonyl (C=O) groups excluding carboxylic acids is 1. The number of thiophene rings is 1. The van der Waals surface area contributed by atoms with Gasteiger partial charge in [-0.15, -0.1) is 11.3 Å². The highest BCUT2D eigenvalue weighted by molar-refractivity contribution is 9.11. The van der Waals surface area contributed by atoms with Crippen molar-refractivity contribution in [3.63, 3.8) is 0 Å². The Morgan fingerprint density at radius 1 is 1.47 bits per heavy atom. The fraction of sp³-hybridized carbons (Fsp3) is 0.250. The Balaban J connectivity index is 2.05. The predicted molar refractivity (Wildman–Crippen MR) is 79.4 cm³/mol. The largest absolute Gasteiger partial charge is 0.372 e. The highest BCUT2D eigenvalue weighted by Crippen LogP contribution is 2.21. The molecule has 0 fully saturated rings. The summed E-state index contributed by atoms with van der Waals surface area (Å²) in [5.74, 6) is 0.499. The molecule has 0 saturated carbocycles. The topological polar surface area (TPSA) is 58.1 Å². The van der Waals surface area contributed by atoms with Crippen molar-refractivity contribution in [1.82, 2.24) is 14.9 Å². The lowest BCUT2D eigenvalue weighted by atomic mass is 10.3. The van der Waals surface area contributed by atoms with Crippen molar-refractivity contribution in [2.75, 3.05) is 19.4 Å². The molecule has 0 saturated heterocycles. The van der Waals surface area contributed by atoms with E-state index in [1.807, 2.05) is 11.4 Å². The Morgan fingerprint density at radius 3 is 2.79 bits per heavy atom. The minimum Gasteiger partial charge on any atom is -0.372 e. The van der Waals surface area contributed by atoms with E-state index in [4.69, 9.17) is 0 Å². The van der Waals surface area contributed by atoms with Gasteiger partial charge in [0.05, 0.1) is 16.2 Å². The van der Waals surface area contributed by atoms with Crippen LogP contribution in [-0.2, 0) is 6.54 Å². The molecule has 100 valence electrons. The number of rotatable bonds is 4. The van der Waals surface area contributed by atoms with Crippen LogP contribution >= 0.6 is 27.3 Å². The molecular weight excluding hydrogens is 328 g/mol. The van der Waals surface area contributed by atoms with Gasteiger partial charge < -0.3 is 10.2 Å². The van der Waals surface area contributed by atoms with Crippen molar-refractivity contribution in [3.8, 4) is 0 Å². The van der Waals surface area contributed by atoms with Gasteiger partial charge in [0.1, 0.15) is 11.5 Å². The van der Waals surface area contributed by atoms with Crippen LogP contribution in [0, 0.1) is 0 Å². The van der Waals surface area contributed by atoms with Crippen molar-refractivity contribution >= 4 is 39.0 Å². The van der Waals surface area contributed by atoms with Crippen molar-refractivity contribution in [2.24, 2.45) is 0 Å². The second-order valence-electron chi connectivity index (χ2n) is 3.96. The first-order valence-electron chi connectivity index (χ1n) is 5.58. The average molecular weight is 341 g/mol. The number of halogens is 1. The Morgan fingerprint density at radius 2 is 2.26 bits per heavy atom. The molecule has 2 heterocycles. The van der Waals surface area contributed by atoms with E-state index in [9.17, 15) is 4.79 Å². The quantitative estimate of drug-likeness (QED) is 0.929. The molecule has 1 N–H and O–H groups in total. The molecule has 2 aromatic rings. The molecule has 7 heteroatoms. The number of aromatic nitrogens is 2. The van der Waals surface area contributed by atoms with Crippen molar-refractivity contribution in [2.45, 2.75) is 6.54 Å². The van der Waals surface area contributed by atoms with Gasteiger partial charge in [-0.25, -0.2) is 9.97 Å². The van der Waals surface area contributed by atoms with Gasteiger partial charge in [-0.2, -0.15) is 0 Å². The number of carbonyl (C=O) groups is 1. The monoisotopic (exact) mass is 340 g/mol. The summed E-state index contributed by atoms with van der Waals surface area (Å²) in [5, 5.41) is 4.88. The first-order valence-corrected chi connectivity index (χ1v) is 7.25. The maximum atomic E-state index is 12.2. The summed E-state index contributed by atoms with van der Waals surface area (Å²) < 4.78 is 1.06. The fourth-order valence-corrected chi connectivity index (χ4v) is 2.74. The molecule has 0 atom stereocenters. The van der Waals surface area contributed by atoms with Crippen molar-refractivity contribution in [1.29, 1.82) is 0 Å². The highest BCUT2D eigenvalue weighted by atomic mass is 79.9. The van der Waals surface area contributed by atoms with Gasteiger partial charge in [0.2, 0.25) is 0 Å². The van der Waals surface area contributed by atoms with Crippen LogP contribution in [0.4, 0.5) is 5.82 Å². The molecular formula is C12H13BrN4OS. The molecule has 0 aliphatic carbocycles. The lowest BCUT2D eigenvalue weighted by Gasteiger charge is -2.15. The molecule has 1 amide bonds. The SMILES string of the molecule is CNc1cnc(C(=O)N(C)Cc2csc(Br)c2)cn1. The van der Waals surface area contributed by atoms with Gasteiger partial charge in [-0.1, -0.05) is 0 Å². The van der Waals surface area contributed by atoms with E-state index in [0.717, 1.165) is 9.35 Å². The van der Waals surface area contributed by atoms with E-state index in [-0.39, 0.29) is 5.91 Å². The standard InChI is InChI=1S/C12H13BrN4OS/c1-14-11-5-15-9(4-16-11)12(18)17(2)6-8-3-10(13)19-7-8/h3-5,7H,6H2,1-2H3,(H,14,16). The van der Waals surface area contributed by atoms with Gasteiger partial charge in [0.25, 0.3) is 5.91 Å². The summed E-state index contributed by atoms with van der Waals surface area (Å²) in [6, 6.07) is 2.00. The van der Waals surface area contributed by atoms with Gasteiger partial charge in [-0.05, 0) is 32.9 Å². The zero-order valence-corrected chi connectivity index (χ0v) is 13.0. The zero-order chi connectivity index (χ0) is 13.8. The second-order valence-corrected chi connectivity index (χ2v) is 6.25. The molecule has 0 bridgehead atoms. The minimum absolute atomic E-state index is 0.141. The summed E-state index contributed by atoms with van der Waals surface area (Å²) in [7, 11) is 3.51. The Labute approximate surface area is 123 Å². The van der Waals surface area contributed by atoms with Crippen molar-refractivity contribution in [3.05, 3.63) is 38.9 Å². The molecule has 0 radical (unpaired) electrons. The number of hydrogen-bond acceptors (Lipinski definition) is 5. The number of amides is 1. The van der Waals surface area contributed by atoms with Crippen LogP contribution in [-0.4, -0.2) is 34.9 Å². The van der Waals surface area contributed by atoms with Crippen LogP contribution in [0.5, 0.6) is 0 Å². The number of nitrogens with zero attached hydrogens (tertiary/aromatic N) is 3. The molecule has 5 nitrogen and oxygen atoms in total. The first kappa shape index (κ1) is 14.0. The van der Waals surface area contributed by atoms with E-state index >= 15 is 0 Å². The van der Waals surface area contributed by atoms with Crippen LogP contribution < -0.4 is 5.32 Å². The molecule has 0 spiro atoms. The second kappa shape index (κ2) is 6.12. The molecule has 0 unspecified atom stereocenters. The third-order valence-electron chi connectivity index (χ3n) is 2.52. The Bertz CT molecular complexity index is 569. The lowest BCUT2D eigenvalue weighted by molar-refractivity contribution is 0.0779. The van der Waals surface area contributed by atoms with Gasteiger partial charge in [-0.3, -0.25) is 4.79 Å². The Kier molecular flexibility index (Phi) is 4.49. The number of anilines is 1. The van der Waals surface area contributed by atoms with Gasteiger partial charge >= 0.3 is 0 Å². The molecule has 2 aromatic heterocycles. The van der Waals surface area contributed by atoms with Crippen LogP contribution in [0.1, 0.15) is 16.1 Å². The number of nitrogens with one attached hydrogen (secondary N) is 1. The van der Waals surface area contributed by atoms with E-state index in [1.54, 1.807) is 36.5 Å². The van der Waals surface area contributed by atoms with E-state index < -0.39 is 0 Å². The smallest absolute Gasteiger partial charge is 0.274 e. The third kappa shape index (κ3) is 3.51. The molecule has 0 aromatic carbocycles. The molecule has 0 aliphatic heterocycles.